The van der Waals surface area contributed by atoms with Crippen LogP contribution in [0.5, 0.6) is 0 Å². The molecular formula is C18H18N6. The van der Waals surface area contributed by atoms with Crippen molar-refractivity contribution in [2.45, 2.75) is 0 Å². The van der Waals surface area contributed by atoms with Crippen LogP contribution in [0.4, 0.5) is 5.82 Å². The third-order valence-corrected chi connectivity index (χ3v) is 3.97. The molecule has 120 valence electrons. The molecule has 4 heterocycles. The fourth-order valence-corrected chi connectivity index (χ4v) is 2.75. The highest BCUT2D eigenvalue weighted by molar-refractivity contribution is 5.64. The van der Waals surface area contributed by atoms with Gasteiger partial charge in [-0.3, -0.25) is 9.97 Å². The minimum Gasteiger partial charge on any atom is -0.354 e. The lowest BCUT2D eigenvalue weighted by atomic mass is 10.2. The van der Waals surface area contributed by atoms with Crippen LogP contribution in [-0.4, -0.2) is 46.1 Å². The van der Waals surface area contributed by atoms with Gasteiger partial charge in [0, 0.05) is 44.6 Å². The summed E-state index contributed by atoms with van der Waals surface area (Å²) in [6, 6.07) is 13.6. The summed E-state index contributed by atoms with van der Waals surface area (Å²) in [7, 11) is 0. The van der Waals surface area contributed by atoms with Crippen LogP contribution in [0.15, 0.2) is 54.9 Å². The zero-order valence-corrected chi connectivity index (χ0v) is 13.3. The van der Waals surface area contributed by atoms with E-state index in [1.54, 1.807) is 12.4 Å². The van der Waals surface area contributed by atoms with Crippen LogP contribution in [0.1, 0.15) is 0 Å². The number of hydrogen-bond acceptors (Lipinski definition) is 6. The third kappa shape index (κ3) is 3.09. The molecular weight excluding hydrogens is 300 g/mol. The molecule has 0 amide bonds. The van der Waals surface area contributed by atoms with E-state index in [0.29, 0.717) is 5.82 Å². The lowest BCUT2D eigenvalue weighted by molar-refractivity contribution is 0.585. The molecule has 1 aliphatic rings. The Balaban J connectivity index is 1.81. The van der Waals surface area contributed by atoms with Crippen LogP contribution >= 0.6 is 0 Å². The maximum Gasteiger partial charge on any atom is 0.180 e. The largest absolute Gasteiger partial charge is 0.354 e. The van der Waals surface area contributed by atoms with E-state index in [0.717, 1.165) is 49.1 Å². The number of rotatable bonds is 3. The van der Waals surface area contributed by atoms with Crippen LogP contribution in [0.2, 0.25) is 0 Å². The molecule has 1 N–H and O–H groups in total. The summed E-state index contributed by atoms with van der Waals surface area (Å²) >= 11 is 0. The second-order valence-corrected chi connectivity index (χ2v) is 5.60. The molecule has 0 saturated carbocycles. The second kappa shape index (κ2) is 6.72. The molecule has 6 nitrogen and oxygen atoms in total. The molecule has 0 bridgehead atoms. The number of hydrogen-bond donors (Lipinski definition) is 1. The Morgan fingerprint density at radius 1 is 0.792 bits per heavy atom. The molecule has 0 radical (unpaired) electrons. The number of nitrogens with zero attached hydrogens (tertiary/aromatic N) is 5. The first-order valence-electron chi connectivity index (χ1n) is 8.08. The molecule has 24 heavy (non-hydrogen) atoms. The molecule has 0 aliphatic carbocycles. The summed E-state index contributed by atoms with van der Waals surface area (Å²) in [5.41, 5.74) is 2.43. The summed E-state index contributed by atoms with van der Waals surface area (Å²) < 4.78 is 0. The minimum absolute atomic E-state index is 0.632. The van der Waals surface area contributed by atoms with Gasteiger partial charge in [0.15, 0.2) is 5.82 Å². The number of nitrogens with one attached hydrogen (secondary N) is 1. The van der Waals surface area contributed by atoms with E-state index in [1.165, 1.54) is 0 Å². The Kier molecular flexibility index (Phi) is 4.12. The summed E-state index contributed by atoms with van der Waals surface area (Å²) in [6.07, 6.45) is 3.54. The fourth-order valence-electron chi connectivity index (χ4n) is 2.75. The van der Waals surface area contributed by atoms with Gasteiger partial charge in [0.1, 0.15) is 11.5 Å². The van der Waals surface area contributed by atoms with Gasteiger partial charge >= 0.3 is 0 Å². The standard InChI is InChI=1S/C18H18N6/c1-3-7-20-14(5-1)16-13-17(24-11-9-19-10-12-24)23-18(22-16)15-6-2-4-8-21-15/h1-8,13,19H,9-12H2. The van der Waals surface area contributed by atoms with Gasteiger partial charge in [-0.1, -0.05) is 12.1 Å². The van der Waals surface area contributed by atoms with Gasteiger partial charge in [-0.15, -0.1) is 0 Å². The summed E-state index contributed by atoms with van der Waals surface area (Å²) in [5.74, 6) is 1.56. The molecule has 0 aromatic carbocycles. The van der Waals surface area contributed by atoms with Crippen molar-refractivity contribution in [3.05, 3.63) is 54.9 Å². The Bertz CT molecular complexity index is 743. The maximum absolute atomic E-state index is 4.75. The van der Waals surface area contributed by atoms with E-state index in [1.807, 2.05) is 42.5 Å². The van der Waals surface area contributed by atoms with Gasteiger partial charge < -0.3 is 10.2 Å². The Morgan fingerprint density at radius 2 is 1.50 bits per heavy atom. The molecule has 0 unspecified atom stereocenters. The summed E-state index contributed by atoms with van der Waals surface area (Å²) in [4.78, 5) is 20.5. The van der Waals surface area contributed by atoms with Gasteiger partial charge in [0.2, 0.25) is 0 Å². The average molecular weight is 318 g/mol. The molecule has 3 aromatic rings. The van der Waals surface area contributed by atoms with Crippen molar-refractivity contribution in [3.63, 3.8) is 0 Å². The van der Waals surface area contributed by atoms with Gasteiger partial charge in [0.05, 0.1) is 11.4 Å². The molecule has 0 spiro atoms. The van der Waals surface area contributed by atoms with Crippen molar-refractivity contribution < 1.29 is 0 Å². The number of piperazine rings is 1. The summed E-state index contributed by atoms with van der Waals surface area (Å²) in [5, 5.41) is 3.37. The minimum atomic E-state index is 0.632. The Hall–Kier alpha value is -2.86. The van der Waals surface area contributed by atoms with Crippen molar-refractivity contribution in [1.82, 2.24) is 25.3 Å². The normalized spacial score (nSPS) is 14.6. The Morgan fingerprint density at radius 3 is 2.17 bits per heavy atom. The second-order valence-electron chi connectivity index (χ2n) is 5.60. The van der Waals surface area contributed by atoms with Gasteiger partial charge in [0.25, 0.3) is 0 Å². The van der Waals surface area contributed by atoms with E-state index in [9.17, 15) is 0 Å². The van der Waals surface area contributed by atoms with Crippen molar-refractivity contribution in [2.24, 2.45) is 0 Å². The molecule has 3 aromatic heterocycles. The Labute approximate surface area is 140 Å². The molecule has 1 saturated heterocycles. The first-order valence-corrected chi connectivity index (χ1v) is 8.08. The lowest BCUT2D eigenvalue weighted by Gasteiger charge is -2.28. The number of aromatic nitrogens is 4. The predicted octanol–water partition coefficient (Wildman–Crippen LogP) is 2.01. The predicted molar refractivity (Wildman–Crippen MR) is 93.6 cm³/mol. The van der Waals surface area contributed by atoms with Crippen LogP contribution in [0.25, 0.3) is 22.9 Å². The topological polar surface area (TPSA) is 66.8 Å². The lowest BCUT2D eigenvalue weighted by Crippen LogP contribution is -2.44. The van der Waals surface area contributed by atoms with Crippen LogP contribution in [0, 0.1) is 0 Å². The van der Waals surface area contributed by atoms with Crippen molar-refractivity contribution in [3.8, 4) is 22.9 Å². The molecule has 1 aliphatic heterocycles. The molecule has 0 atom stereocenters. The summed E-state index contributed by atoms with van der Waals surface area (Å²) in [6.45, 7) is 3.78. The number of anilines is 1. The van der Waals surface area contributed by atoms with E-state index < -0.39 is 0 Å². The van der Waals surface area contributed by atoms with Crippen molar-refractivity contribution >= 4 is 5.82 Å². The van der Waals surface area contributed by atoms with E-state index in [2.05, 4.69) is 20.2 Å². The highest BCUT2D eigenvalue weighted by Gasteiger charge is 2.16. The quantitative estimate of drug-likeness (QED) is 0.797. The van der Waals surface area contributed by atoms with Gasteiger partial charge in [-0.25, -0.2) is 9.97 Å². The average Bonchev–Trinajstić information content (AvgIpc) is 2.70. The van der Waals surface area contributed by atoms with E-state index >= 15 is 0 Å². The van der Waals surface area contributed by atoms with E-state index in [4.69, 9.17) is 9.97 Å². The maximum atomic E-state index is 4.75. The van der Waals surface area contributed by atoms with E-state index in [-0.39, 0.29) is 0 Å². The van der Waals surface area contributed by atoms with Crippen LogP contribution in [0.3, 0.4) is 0 Å². The fraction of sp³-hybridized carbons (Fsp3) is 0.222. The van der Waals surface area contributed by atoms with Gasteiger partial charge in [-0.2, -0.15) is 0 Å². The first kappa shape index (κ1) is 14.7. The highest BCUT2D eigenvalue weighted by atomic mass is 15.2. The first-order chi connectivity index (χ1) is 11.9. The van der Waals surface area contributed by atoms with Crippen molar-refractivity contribution in [2.75, 3.05) is 31.1 Å². The molecule has 6 heteroatoms. The smallest absolute Gasteiger partial charge is 0.180 e. The van der Waals surface area contributed by atoms with Gasteiger partial charge in [-0.05, 0) is 24.3 Å². The number of pyridine rings is 2. The monoisotopic (exact) mass is 318 g/mol. The molecule has 1 fully saturated rings. The van der Waals surface area contributed by atoms with Crippen molar-refractivity contribution in [1.29, 1.82) is 0 Å². The van der Waals surface area contributed by atoms with Crippen LogP contribution < -0.4 is 10.2 Å². The van der Waals surface area contributed by atoms with Crippen LogP contribution in [-0.2, 0) is 0 Å². The molecule has 4 rings (SSSR count). The zero-order chi connectivity index (χ0) is 16.2. The third-order valence-electron chi connectivity index (χ3n) is 3.97. The zero-order valence-electron chi connectivity index (χ0n) is 13.3. The highest BCUT2D eigenvalue weighted by Crippen LogP contribution is 2.24. The SMILES string of the molecule is c1ccc(-c2cc(N3CCNCC3)nc(-c3ccccn3)n2)nc1.